The first kappa shape index (κ1) is 21.9. The van der Waals surface area contributed by atoms with Crippen molar-refractivity contribution in [2.75, 3.05) is 0 Å². The highest BCUT2D eigenvalue weighted by molar-refractivity contribution is 5.78. The van der Waals surface area contributed by atoms with E-state index in [2.05, 4.69) is 0 Å². The van der Waals surface area contributed by atoms with Gasteiger partial charge in [-0.2, -0.15) is 0 Å². The van der Waals surface area contributed by atoms with E-state index in [1.807, 2.05) is 30.3 Å². The number of hydrogen-bond acceptors (Lipinski definition) is 3. The Hall–Kier alpha value is -2.83. The minimum atomic E-state index is -3.26. The van der Waals surface area contributed by atoms with Gasteiger partial charge in [0.05, 0.1) is 11.5 Å². The second kappa shape index (κ2) is 8.90. The molecule has 0 heterocycles. The molecule has 1 fully saturated rings. The van der Waals surface area contributed by atoms with Crippen LogP contribution >= 0.6 is 0 Å². The van der Waals surface area contributed by atoms with Gasteiger partial charge in [-0.3, -0.25) is 4.79 Å². The van der Waals surface area contributed by atoms with Crippen LogP contribution in [0.2, 0.25) is 0 Å². The highest BCUT2D eigenvalue weighted by atomic mass is 19.3. The van der Waals surface area contributed by atoms with Crippen LogP contribution in [0, 0.1) is 17.3 Å². The quantitative estimate of drug-likeness (QED) is 0.287. The van der Waals surface area contributed by atoms with Crippen LogP contribution in [0.3, 0.4) is 0 Å². The first-order valence-corrected chi connectivity index (χ1v) is 9.46. The monoisotopic (exact) mass is 422 g/mol. The SMILES string of the molecule is CC1(C)[C@@H](C=C(C(F)F)C(F)F)[C@@H]1C(=O)OCc1cccc(Oc2ccccc2)c1. The van der Waals surface area contributed by atoms with E-state index < -0.39 is 41.6 Å². The molecule has 0 unspecified atom stereocenters. The van der Waals surface area contributed by atoms with Crippen LogP contribution in [0.4, 0.5) is 17.6 Å². The van der Waals surface area contributed by atoms with Crippen molar-refractivity contribution in [3.05, 3.63) is 71.8 Å². The van der Waals surface area contributed by atoms with E-state index in [1.165, 1.54) is 0 Å². The van der Waals surface area contributed by atoms with Crippen LogP contribution in [0.1, 0.15) is 19.4 Å². The Kier molecular flexibility index (Phi) is 6.48. The molecule has 160 valence electrons. The van der Waals surface area contributed by atoms with E-state index in [-0.39, 0.29) is 6.61 Å². The number of ether oxygens (including phenoxy) is 2. The maximum Gasteiger partial charge on any atom is 0.310 e. The summed E-state index contributed by atoms with van der Waals surface area (Å²) in [6, 6.07) is 16.2. The Morgan fingerprint density at radius 2 is 1.63 bits per heavy atom. The normalized spacial score (nSPS) is 19.5. The van der Waals surface area contributed by atoms with Gasteiger partial charge in [-0.1, -0.05) is 50.3 Å². The van der Waals surface area contributed by atoms with Gasteiger partial charge in [0.1, 0.15) is 18.1 Å². The zero-order valence-corrected chi connectivity index (χ0v) is 16.5. The van der Waals surface area contributed by atoms with Gasteiger partial charge in [-0.05, 0) is 41.2 Å². The number of benzene rings is 2. The lowest BCUT2D eigenvalue weighted by Gasteiger charge is -2.09. The number of allylic oxidation sites excluding steroid dienone is 2. The van der Waals surface area contributed by atoms with Crippen LogP contribution in [0.25, 0.3) is 0 Å². The lowest BCUT2D eigenvalue weighted by Crippen LogP contribution is -2.11. The number of carbonyl (C=O) groups excluding carboxylic acids is 1. The molecule has 3 nitrogen and oxygen atoms in total. The molecule has 1 aliphatic rings. The molecule has 0 bridgehead atoms. The zero-order valence-electron chi connectivity index (χ0n) is 16.5. The molecule has 7 heteroatoms. The summed E-state index contributed by atoms with van der Waals surface area (Å²) in [5.41, 5.74) is -1.28. The summed E-state index contributed by atoms with van der Waals surface area (Å²) >= 11 is 0. The molecule has 0 spiro atoms. The molecule has 0 saturated heterocycles. The van der Waals surface area contributed by atoms with Gasteiger partial charge < -0.3 is 9.47 Å². The molecule has 0 aromatic heterocycles. The van der Waals surface area contributed by atoms with E-state index in [1.54, 1.807) is 38.1 Å². The largest absolute Gasteiger partial charge is 0.461 e. The second-order valence-corrected chi connectivity index (χ2v) is 7.76. The molecule has 2 atom stereocenters. The molecule has 0 aliphatic heterocycles. The number of rotatable bonds is 8. The highest BCUT2D eigenvalue weighted by Gasteiger charge is 2.62. The van der Waals surface area contributed by atoms with Crippen molar-refractivity contribution in [2.45, 2.75) is 33.3 Å². The molecule has 30 heavy (non-hydrogen) atoms. The standard InChI is InChI=1S/C23H22F4O3/c1-23(2)18(12-17(20(24)25)21(26)27)19(23)22(28)29-13-14-7-6-10-16(11-14)30-15-8-4-3-5-9-15/h3-12,18-21H,13H2,1-2H3/t18-,19+/m0/s1. The molecule has 1 saturated carbocycles. The van der Waals surface area contributed by atoms with Gasteiger partial charge in [0.2, 0.25) is 0 Å². The molecule has 0 amide bonds. The molecule has 2 aromatic carbocycles. The molecular formula is C23H22F4O3. The van der Waals surface area contributed by atoms with Crippen molar-refractivity contribution in [3.8, 4) is 11.5 Å². The lowest BCUT2D eigenvalue weighted by molar-refractivity contribution is -0.147. The summed E-state index contributed by atoms with van der Waals surface area (Å²) in [7, 11) is 0. The summed E-state index contributed by atoms with van der Waals surface area (Å²) in [5, 5.41) is 0. The van der Waals surface area contributed by atoms with Gasteiger partial charge in [0.25, 0.3) is 12.9 Å². The maximum atomic E-state index is 12.8. The van der Waals surface area contributed by atoms with E-state index in [4.69, 9.17) is 9.47 Å². The topological polar surface area (TPSA) is 35.5 Å². The summed E-state index contributed by atoms with van der Waals surface area (Å²) in [6.45, 7) is 3.30. The molecule has 2 aromatic rings. The van der Waals surface area contributed by atoms with E-state index in [0.29, 0.717) is 17.1 Å². The summed E-state index contributed by atoms with van der Waals surface area (Å²) < 4.78 is 62.3. The zero-order chi connectivity index (χ0) is 21.9. The summed E-state index contributed by atoms with van der Waals surface area (Å²) in [6.07, 6.45) is -5.69. The fourth-order valence-corrected chi connectivity index (χ4v) is 3.45. The van der Waals surface area contributed by atoms with Crippen LogP contribution in [0.5, 0.6) is 11.5 Å². The molecule has 0 N–H and O–H groups in total. The first-order chi connectivity index (χ1) is 14.2. The summed E-state index contributed by atoms with van der Waals surface area (Å²) in [4.78, 5) is 12.4. The van der Waals surface area contributed by atoms with E-state index in [9.17, 15) is 22.4 Å². The number of para-hydroxylation sites is 1. The first-order valence-electron chi connectivity index (χ1n) is 9.46. The van der Waals surface area contributed by atoms with Crippen molar-refractivity contribution < 1.29 is 31.8 Å². The lowest BCUT2D eigenvalue weighted by atomic mass is 10.1. The van der Waals surface area contributed by atoms with Crippen LogP contribution in [-0.4, -0.2) is 18.8 Å². The number of esters is 1. The molecule has 3 rings (SSSR count). The predicted molar refractivity (Wildman–Crippen MR) is 104 cm³/mol. The predicted octanol–water partition coefficient (Wildman–Crippen LogP) is 6.25. The van der Waals surface area contributed by atoms with Crippen molar-refractivity contribution in [1.29, 1.82) is 0 Å². The third kappa shape index (κ3) is 5.01. The van der Waals surface area contributed by atoms with Crippen molar-refractivity contribution in [2.24, 2.45) is 17.3 Å². The third-order valence-electron chi connectivity index (χ3n) is 5.30. The van der Waals surface area contributed by atoms with Crippen LogP contribution in [0.15, 0.2) is 66.2 Å². The number of alkyl halides is 4. The number of hydrogen-bond donors (Lipinski definition) is 0. The van der Waals surface area contributed by atoms with Gasteiger partial charge in [0, 0.05) is 0 Å². The highest BCUT2D eigenvalue weighted by Crippen LogP contribution is 2.60. The van der Waals surface area contributed by atoms with Crippen molar-refractivity contribution in [3.63, 3.8) is 0 Å². The molecular weight excluding hydrogens is 400 g/mol. The fraction of sp³-hybridized carbons (Fsp3) is 0.348. The third-order valence-corrected chi connectivity index (χ3v) is 5.30. The second-order valence-electron chi connectivity index (χ2n) is 7.76. The van der Waals surface area contributed by atoms with Crippen LogP contribution < -0.4 is 4.74 Å². The molecule has 1 aliphatic carbocycles. The Balaban J connectivity index is 1.62. The fourth-order valence-electron chi connectivity index (χ4n) is 3.45. The number of halogens is 4. The minimum absolute atomic E-state index is 0.0373. The van der Waals surface area contributed by atoms with Crippen LogP contribution in [-0.2, 0) is 16.1 Å². The average molecular weight is 422 g/mol. The Morgan fingerprint density at radius 3 is 2.27 bits per heavy atom. The maximum absolute atomic E-state index is 12.8. The van der Waals surface area contributed by atoms with Gasteiger partial charge in [-0.15, -0.1) is 0 Å². The van der Waals surface area contributed by atoms with Crippen molar-refractivity contribution in [1.82, 2.24) is 0 Å². The Bertz CT molecular complexity index is 900. The Morgan fingerprint density at radius 1 is 1.00 bits per heavy atom. The molecule has 0 radical (unpaired) electrons. The van der Waals surface area contributed by atoms with Gasteiger partial charge in [-0.25, -0.2) is 17.6 Å². The smallest absolute Gasteiger partial charge is 0.310 e. The van der Waals surface area contributed by atoms with E-state index >= 15 is 0 Å². The minimum Gasteiger partial charge on any atom is -0.461 e. The van der Waals surface area contributed by atoms with Gasteiger partial charge >= 0.3 is 5.97 Å². The van der Waals surface area contributed by atoms with Crippen molar-refractivity contribution >= 4 is 5.97 Å². The average Bonchev–Trinajstić information content (AvgIpc) is 3.25. The van der Waals surface area contributed by atoms with Gasteiger partial charge in [0.15, 0.2) is 0 Å². The summed E-state index contributed by atoms with van der Waals surface area (Å²) in [5.74, 6) is -0.821. The van der Waals surface area contributed by atoms with E-state index in [0.717, 1.165) is 6.08 Å². The number of carbonyl (C=O) groups is 1. The Labute approximate surface area is 172 Å².